The fourth-order valence-corrected chi connectivity index (χ4v) is 3.74. The summed E-state index contributed by atoms with van der Waals surface area (Å²) >= 11 is 0. The van der Waals surface area contributed by atoms with E-state index in [0.29, 0.717) is 35.4 Å². The van der Waals surface area contributed by atoms with Gasteiger partial charge in [0.2, 0.25) is 5.91 Å². The second kappa shape index (κ2) is 7.59. The van der Waals surface area contributed by atoms with Crippen LogP contribution in [-0.4, -0.2) is 41.1 Å². The van der Waals surface area contributed by atoms with Crippen molar-refractivity contribution in [2.24, 2.45) is 0 Å². The SMILES string of the molecule is C=C1NC(=O)C/C1=C\c1cnn2c(NC3CC3)cc(Nc3ccc(-n4ccnc4)cn3)nc12. The Labute approximate surface area is 189 Å². The van der Waals surface area contributed by atoms with E-state index in [4.69, 9.17) is 4.98 Å². The van der Waals surface area contributed by atoms with Crippen LogP contribution in [0.1, 0.15) is 24.8 Å². The van der Waals surface area contributed by atoms with Crippen molar-refractivity contribution in [1.82, 2.24) is 34.4 Å². The van der Waals surface area contributed by atoms with Crippen LogP contribution in [0.4, 0.5) is 17.5 Å². The van der Waals surface area contributed by atoms with Gasteiger partial charge in [0.25, 0.3) is 0 Å². The lowest BCUT2D eigenvalue weighted by Crippen LogP contribution is -2.10. The summed E-state index contributed by atoms with van der Waals surface area (Å²) in [4.78, 5) is 25.1. The summed E-state index contributed by atoms with van der Waals surface area (Å²) in [5.74, 6) is 2.11. The summed E-state index contributed by atoms with van der Waals surface area (Å²) in [5.41, 5.74) is 3.87. The molecule has 6 rings (SSSR count). The maximum absolute atomic E-state index is 11.7. The minimum Gasteiger partial charge on any atom is -0.367 e. The van der Waals surface area contributed by atoms with Crippen LogP contribution < -0.4 is 16.0 Å². The van der Waals surface area contributed by atoms with Gasteiger partial charge in [-0.3, -0.25) is 4.79 Å². The Hall–Kier alpha value is -4.47. The van der Waals surface area contributed by atoms with Gasteiger partial charge in [0.15, 0.2) is 5.65 Å². The van der Waals surface area contributed by atoms with E-state index >= 15 is 0 Å². The molecule has 0 spiro atoms. The van der Waals surface area contributed by atoms with Crippen molar-refractivity contribution in [3.05, 3.63) is 72.7 Å². The summed E-state index contributed by atoms with van der Waals surface area (Å²) in [6.07, 6.45) is 13.3. The molecule has 0 atom stereocenters. The van der Waals surface area contributed by atoms with Crippen molar-refractivity contribution in [1.29, 1.82) is 0 Å². The number of hydrogen-bond acceptors (Lipinski definition) is 7. The van der Waals surface area contributed by atoms with Crippen LogP contribution in [0.15, 0.2) is 67.2 Å². The first kappa shape index (κ1) is 19.2. The highest BCUT2D eigenvalue weighted by Crippen LogP contribution is 2.29. The Kier molecular flexibility index (Phi) is 4.42. The molecule has 10 nitrogen and oxygen atoms in total. The summed E-state index contributed by atoms with van der Waals surface area (Å²) in [5, 5.41) is 14.1. The van der Waals surface area contributed by atoms with Gasteiger partial charge in [0, 0.05) is 35.8 Å². The number of amides is 1. The molecule has 1 saturated heterocycles. The minimum absolute atomic E-state index is 0.0562. The number of aromatic nitrogens is 6. The van der Waals surface area contributed by atoms with E-state index in [-0.39, 0.29) is 5.91 Å². The Morgan fingerprint density at radius 3 is 2.82 bits per heavy atom. The molecule has 5 heterocycles. The fraction of sp³-hybridized carbons (Fsp3) is 0.174. The van der Waals surface area contributed by atoms with Crippen LogP contribution in [0.5, 0.6) is 0 Å². The zero-order valence-corrected chi connectivity index (χ0v) is 17.7. The lowest BCUT2D eigenvalue weighted by molar-refractivity contribution is -0.118. The third-order valence-electron chi connectivity index (χ3n) is 5.59. The number of carbonyl (C=O) groups is 1. The van der Waals surface area contributed by atoms with Crippen LogP contribution in [0, 0.1) is 0 Å². The van der Waals surface area contributed by atoms with Crippen LogP contribution in [0.25, 0.3) is 17.4 Å². The number of anilines is 3. The predicted molar refractivity (Wildman–Crippen MR) is 124 cm³/mol. The zero-order chi connectivity index (χ0) is 22.4. The molecule has 4 aromatic rings. The van der Waals surface area contributed by atoms with Gasteiger partial charge < -0.3 is 20.5 Å². The zero-order valence-electron chi connectivity index (χ0n) is 17.7. The van der Waals surface area contributed by atoms with E-state index in [1.165, 1.54) is 0 Å². The van der Waals surface area contributed by atoms with Crippen LogP contribution >= 0.6 is 0 Å². The average Bonchev–Trinajstić information content (AvgIpc) is 3.17. The average molecular weight is 439 g/mol. The number of nitrogens with zero attached hydrogens (tertiary/aromatic N) is 6. The first-order valence-electron chi connectivity index (χ1n) is 10.7. The van der Waals surface area contributed by atoms with Gasteiger partial charge in [0.05, 0.1) is 30.8 Å². The molecule has 10 heteroatoms. The summed E-state index contributed by atoms with van der Waals surface area (Å²) in [6.45, 7) is 3.92. The van der Waals surface area contributed by atoms with Gasteiger partial charge in [-0.2, -0.15) is 9.61 Å². The van der Waals surface area contributed by atoms with Crippen molar-refractivity contribution in [2.75, 3.05) is 10.6 Å². The highest BCUT2D eigenvalue weighted by molar-refractivity contribution is 5.89. The van der Waals surface area contributed by atoms with Crippen LogP contribution in [0.2, 0.25) is 0 Å². The largest absolute Gasteiger partial charge is 0.367 e. The highest BCUT2D eigenvalue weighted by atomic mass is 16.1. The quantitative estimate of drug-likeness (QED) is 0.423. The molecular weight excluding hydrogens is 418 g/mol. The molecule has 0 aromatic carbocycles. The molecule has 2 aliphatic rings. The second-order valence-electron chi connectivity index (χ2n) is 8.15. The molecule has 3 N–H and O–H groups in total. The first-order valence-corrected chi connectivity index (χ1v) is 10.7. The van der Waals surface area contributed by atoms with Crippen molar-refractivity contribution in [3.8, 4) is 5.69 Å². The van der Waals surface area contributed by atoms with Crippen molar-refractivity contribution < 1.29 is 4.79 Å². The summed E-state index contributed by atoms with van der Waals surface area (Å²) < 4.78 is 3.68. The van der Waals surface area contributed by atoms with E-state index in [0.717, 1.165) is 35.5 Å². The van der Waals surface area contributed by atoms with Gasteiger partial charge in [0.1, 0.15) is 17.5 Å². The minimum atomic E-state index is -0.0562. The Balaban J connectivity index is 1.35. The van der Waals surface area contributed by atoms with Crippen molar-refractivity contribution in [2.45, 2.75) is 25.3 Å². The third kappa shape index (κ3) is 3.82. The van der Waals surface area contributed by atoms with Crippen LogP contribution in [0.3, 0.4) is 0 Å². The van der Waals surface area contributed by atoms with Crippen LogP contribution in [-0.2, 0) is 4.79 Å². The maximum atomic E-state index is 11.7. The molecular formula is C23H21N9O. The van der Waals surface area contributed by atoms with Crippen molar-refractivity contribution >= 4 is 35.1 Å². The molecule has 0 unspecified atom stereocenters. The Morgan fingerprint density at radius 2 is 2.12 bits per heavy atom. The number of fused-ring (bicyclic) bond motifs is 1. The molecule has 1 saturated carbocycles. The monoisotopic (exact) mass is 439 g/mol. The molecule has 1 aliphatic heterocycles. The van der Waals surface area contributed by atoms with Gasteiger partial charge in [-0.15, -0.1) is 0 Å². The Bertz CT molecular complexity index is 1400. The maximum Gasteiger partial charge on any atom is 0.228 e. The molecule has 1 aliphatic carbocycles. The Morgan fingerprint density at radius 1 is 1.21 bits per heavy atom. The fourth-order valence-electron chi connectivity index (χ4n) is 3.74. The lowest BCUT2D eigenvalue weighted by atomic mass is 10.1. The van der Waals surface area contributed by atoms with E-state index in [9.17, 15) is 4.79 Å². The summed E-state index contributed by atoms with van der Waals surface area (Å²) in [7, 11) is 0. The van der Waals surface area contributed by atoms with E-state index < -0.39 is 0 Å². The molecule has 33 heavy (non-hydrogen) atoms. The number of carbonyl (C=O) groups excluding carboxylic acids is 1. The summed E-state index contributed by atoms with van der Waals surface area (Å²) in [6, 6.07) is 6.23. The number of pyridine rings is 1. The lowest BCUT2D eigenvalue weighted by Gasteiger charge is -2.11. The first-order chi connectivity index (χ1) is 16.1. The number of rotatable bonds is 6. The number of hydrogen-bond donors (Lipinski definition) is 3. The smallest absolute Gasteiger partial charge is 0.228 e. The normalized spacial score (nSPS) is 17.0. The van der Waals surface area contributed by atoms with Gasteiger partial charge >= 0.3 is 0 Å². The molecule has 4 aromatic heterocycles. The highest BCUT2D eigenvalue weighted by Gasteiger charge is 2.24. The molecule has 0 radical (unpaired) electrons. The van der Waals surface area contributed by atoms with Crippen molar-refractivity contribution in [3.63, 3.8) is 0 Å². The predicted octanol–water partition coefficient (Wildman–Crippen LogP) is 3.04. The number of allylic oxidation sites excluding steroid dienone is 1. The van der Waals surface area contributed by atoms with E-state index in [1.54, 1.807) is 29.4 Å². The second-order valence-corrected chi connectivity index (χ2v) is 8.15. The molecule has 164 valence electrons. The van der Waals surface area contributed by atoms with E-state index in [1.807, 2.05) is 35.0 Å². The topological polar surface area (TPSA) is 114 Å². The van der Waals surface area contributed by atoms with E-state index in [2.05, 4.69) is 37.6 Å². The molecule has 0 bridgehead atoms. The standard InChI is InChI=1S/C23H21N9O/c1-14-15(9-22(33)27-14)8-16-11-26-32-21(28-17-2-3-17)10-20(30-23(16)32)29-19-5-4-18(12-25-19)31-7-6-24-13-31/h4-8,10-13,17,28H,1-3,9H2,(H,27,33)(H,25,29,30)/b15-8+. The molecule has 2 fully saturated rings. The molecule has 1 amide bonds. The van der Waals surface area contributed by atoms with Gasteiger partial charge in [-0.25, -0.2) is 15.0 Å². The number of imidazole rings is 1. The van der Waals surface area contributed by atoms with Gasteiger partial charge in [-0.1, -0.05) is 6.58 Å². The van der Waals surface area contributed by atoms with Gasteiger partial charge in [-0.05, 0) is 36.6 Å². The number of nitrogens with one attached hydrogen (secondary N) is 3. The third-order valence-corrected chi connectivity index (χ3v) is 5.59.